The lowest BCUT2D eigenvalue weighted by molar-refractivity contribution is -0.174. The number of hydrogen-bond acceptors (Lipinski definition) is 4. The van der Waals surface area contributed by atoms with Crippen molar-refractivity contribution in [2.75, 3.05) is 6.54 Å². The second-order valence-electron chi connectivity index (χ2n) is 4.79. The zero-order chi connectivity index (χ0) is 13.6. The summed E-state index contributed by atoms with van der Waals surface area (Å²) >= 11 is 0. The Balaban J connectivity index is 3.98. The third kappa shape index (κ3) is 7.54. The van der Waals surface area contributed by atoms with E-state index in [9.17, 15) is 14.0 Å². The van der Waals surface area contributed by atoms with Crippen LogP contribution in [0.1, 0.15) is 34.6 Å². The fourth-order valence-corrected chi connectivity index (χ4v) is 0.768. The molecule has 0 aromatic rings. The van der Waals surface area contributed by atoms with Crippen molar-refractivity contribution in [1.29, 1.82) is 0 Å². The molecule has 6 heteroatoms. The standard InChI is InChI=1S/C11H20FNO4/c1-7(12)6-13-10(15)17-8(2)16-9(14)11(3,4)5/h7-8H,6H2,1-5H3,(H,13,15)/t7-,8?/m1/s1. The predicted molar refractivity (Wildman–Crippen MR) is 60.1 cm³/mol. The second kappa shape index (κ2) is 6.42. The molecular weight excluding hydrogens is 229 g/mol. The van der Waals surface area contributed by atoms with Crippen molar-refractivity contribution < 1.29 is 23.5 Å². The molecule has 0 spiro atoms. The quantitative estimate of drug-likeness (QED) is 0.611. The summed E-state index contributed by atoms with van der Waals surface area (Å²) < 4.78 is 22.0. The summed E-state index contributed by atoms with van der Waals surface area (Å²) in [6.45, 7) is 7.65. The average molecular weight is 249 g/mol. The molecule has 0 saturated heterocycles. The van der Waals surface area contributed by atoms with Crippen LogP contribution in [0.5, 0.6) is 0 Å². The van der Waals surface area contributed by atoms with E-state index in [4.69, 9.17) is 9.47 Å². The number of carbonyl (C=O) groups is 2. The highest BCUT2D eigenvalue weighted by Gasteiger charge is 2.26. The SMILES string of the molecule is CC(OC(=O)NC[C@@H](C)F)OC(=O)C(C)(C)C. The molecule has 0 aromatic carbocycles. The maximum Gasteiger partial charge on any atom is 0.410 e. The molecule has 0 aliphatic rings. The Hall–Kier alpha value is -1.33. The fourth-order valence-electron chi connectivity index (χ4n) is 0.768. The highest BCUT2D eigenvalue weighted by molar-refractivity contribution is 5.75. The Morgan fingerprint density at radius 2 is 1.76 bits per heavy atom. The summed E-state index contributed by atoms with van der Waals surface area (Å²) in [7, 11) is 0. The van der Waals surface area contributed by atoms with Gasteiger partial charge in [-0.2, -0.15) is 0 Å². The maximum atomic E-state index is 12.4. The van der Waals surface area contributed by atoms with Gasteiger partial charge in [0.2, 0.25) is 6.29 Å². The molecule has 0 rings (SSSR count). The Labute approximate surface area is 101 Å². The average Bonchev–Trinajstić information content (AvgIpc) is 2.12. The highest BCUT2D eigenvalue weighted by atomic mass is 19.1. The molecule has 17 heavy (non-hydrogen) atoms. The lowest BCUT2D eigenvalue weighted by Gasteiger charge is -2.20. The van der Waals surface area contributed by atoms with E-state index in [-0.39, 0.29) is 6.54 Å². The smallest absolute Gasteiger partial charge is 0.410 e. The van der Waals surface area contributed by atoms with E-state index < -0.39 is 29.9 Å². The van der Waals surface area contributed by atoms with Gasteiger partial charge >= 0.3 is 12.1 Å². The first-order chi connectivity index (χ1) is 7.62. The van der Waals surface area contributed by atoms with Gasteiger partial charge in [-0.1, -0.05) is 0 Å². The Morgan fingerprint density at radius 1 is 1.24 bits per heavy atom. The lowest BCUT2D eigenvalue weighted by atomic mass is 9.97. The van der Waals surface area contributed by atoms with Crippen LogP contribution in [0.2, 0.25) is 0 Å². The first kappa shape index (κ1) is 15.7. The van der Waals surface area contributed by atoms with Gasteiger partial charge in [-0.05, 0) is 27.7 Å². The van der Waals surface area contributed by atoms with Gasteiger partial charge in [0.25, 0.3) is 0 Å². The van der Waals surface area contributed by atoms with Crippen molar-refractivity contribution in [2.24, 2.45) is 5.41 Å². The number of alkyl halides is 1. The van der Waals surface area contributed by atoms with Gasteiger partial charge in [0.15, 0.2) is 0 Å². The van der Waals surface area contributed by atoms with Gasteiger partial charge in [-0.25, -0.2) is 9.18 Å². The first-order valence-corrected chi connectivity index (χ1v) is 5.42. The molecule has 1 amide bonds. The van der Waals surface area contributed by atoms with Crippen molar-refractivity contribution in [3.8, 4) is 0 Å². The summed E-state index contributed by atoms with van der Waals surface area (Å²) in [5.74, 6) is -0.475. The normalized spacial score (nSPS) is 14.7. The van der Waals surface area contributed by atoms with Crippen molar-refractivity contribution >= 4 is 12.1 Å². The molecule has 100 valence electrons. The second-order valence-corrected chi connectivity index (χ2v) is 4.79. The van der Waals surface area contributed by atoms with Crippen LogP contribution < -0.4 is 5.32 Å². The van der Waals surface area contributed by atoms with Gasteiger partial charge in [0, 0.05) is 6.92 Å². The van der Waals surface area contributed by atoms with E-state index >= 15 is 0 Å². The molecule has 0 bridgehead atoms. The number of nitrogens with one attached hydrogen (secondary N) is 1. The molecule has 0 radical (unpaired) electrons. The monoisotopic (exact) mass is 249 g/mol. The molecule has 0 aromatic heterocycles. The van der Waals surface area contributed by atoms with Crippen LogP contribution in [0, 0.1) is 5.41 Å². The summed E-state index contributed by atoms with van der Waals surface area (Å²) in [5.41, 5.74) is -0.665. The van der Waals surface area contributed by atoms with Gasteiger partial charge in [-0.15, -0.1) is 0 Å². The third-order valence-electron chi connectivity index (χ3n) is 1.69. The van der Waals surface area contributed by atoms with Gasteiger partial charge in [0.05, 0.1) is 12.0 Å². The minimum atomic E-state index is -1.16. The van der Waals surface area contributed by atoms with Crippen LogP contribution >= 0.6 is 0 Å². The minimum absolute atomic E-state index is 0.140. The Kier molecular flexibility index (Phi) is 5.91. The molecule has 1 N–H and O–H groups in total. The topological polar surface area (TPSA) is 64.6 Å². The third-order valence-corrected chi connectivity index (χ3v) is 1.69. The van der Waals surface area contributed by atoms with E-state index in [2.05, 4.69) is 5.32 Å². The zero-order valence-electron chi connectivity index (χ0n) is 10.9. The number of rotatable bonds is 4. The van der Waals surface area contributed by atoms with Crippen LogP contribution in [0.15, 0.2) is 0 Å². The predicted octanol–water partition coefficient (Wildman–Crippen LogP) is 2.01. The van der Waals surface area contributed by atoms with E-state index in [1.54, 1.807) is 20.8 Å². The maximum absolute atomic E-state index is 12.4. The summed E-state index contributed by atoms with van der Waals surface area (Å²) in [5, 5.41) is 2.20. The molecule has 2 atom stereocenters. The number of ether oxygens (including phenoxy) is 2. The Morgan fingerprint density at radius 3 is 2.18 bits per heavy atom. The van der Waals surface area contributed by atoms with Crippen molar-refractivity contribution in [1.82, 2.24) is 5.32 Å². The van der Waals surface area contributed by atoms with Gasteiger partial charge < -0.3 is 14.8 Å². The number of esters is 1. The minimum Gasteiger partial charge on any atom is -0.425 e. The van der Waals surface area contributed by atoms with Crippen LogP contribution in [0.3, 0.4) is 0 Å². The zero-order valence-corrected chi connectivity index (χ0v) is 10.9. The lowest BCUT2D eigenvalue weighted by Crippen LogP contribution is -2.35. The van der Waals surface area contributed by atoms with Crippen LogP contribution in [0.4, 0.5) is 9.18 Å². The van der Waals surface area contributed by atoms with Gasteiger partial charge in [-0.3, -0.25) is 4.79 Å². The van der Waals surface area contributed by atoms with Crippen molar-refractivity contribution in [3.63, 3.8) is 0 Å². The summed E-state index contributed by atoms with van der Waals surface area (Å²) in [4.78, 5) is 22.5. The first-order valence-electron chi connectivity index (χ1n) is 5.42. The number of amides is 1. The fraction of sp³-hybridized carbons (Fsp3) is 0.818. The molecular formula is C11H20FNO4. The van der Waals surface area contributed by atoms with Crippen LogP contribution in [-0.4, -0.2) is 31.1 Å². The summed E-state index contributed by atoms with van der Waals surface area (Å²) in [6.07, 6.45) is -2.98. The van der Waals surface area contributed by atoms with Crippen LogP contribution in [-0.2, 0) is 14.3 Å². The summed E-state index contributed by atoms with van der Waals surface area (Å²) in [6, 6.07) is 0. The molecule has 0 aliphatic heterocycles. The van der Waals surface area contributed by atoms with Crippen molar-refractivity contribution in [3.05, 3.63) is 0 Å². The molecule has 1 unspecified atom stereocenters. The molecule has 0 fully saturated rings. The van der Waals surface area contributed by atoms with Gasteiger partial charge in [0.1, 0.15) is 6.17 Å². The molecule has 0 saturated carbocycles. The van der Waals surface area contributed by atoms with E-state index in [1.807, 2.05) is 0 Å². The van der Waals surface area contributed by atoms with E-state index in [0.29, 0.717) is 0 Å². The van der Waals surface area contributed by atoms with E-state index in [0.717, 1.165) is 0 Å². The van der Waals surface area contributed by atoms with E-state index in [1.165, 1.54) is 13.8 Å². The molecule has 0 heterocycles. The molecule has 5 nitrogen and oxygen atoms in total. The van der Waals surface area contributed by atoms with Crippen molar-refractivity contribution in [2.45, 2.75) is 47.1 Å². The largest absolute Gasteiger partial charge is 0.425 e. The Bertz CT molecular complexity index is 273. The highest BCUT2D eigenvalue weighted by Crippen LogP contribution is 2.16. The number of halogens is 1. The molecule has 0 aliphatic carbocycles. The number of hydrogen-bond donors (Lipinski definition) is 1. The van der Waals surface area contributed by atoms with Crippen LogP contribution in [0.25, 0.3) is 0 Å². The number of alkyl carbamates (subject to hydrolysis) is 1. The number of carbonyl (C=O) groups excluding carboxylic acids is 2.